The van der Waals surface area contributed by atoms with Crippen LogP contribution in [0.2, 0.25) is 0 Å². The molecule has 2 aromatic rings. The van der Waals surface area contributed by atoms with E-state index in [9.17, 15) is 18.0 Å². The Labute approximate surface area is 184 Å². The van der Waals surface area contributed by atoms with Gasteiger partial charge in [-0.2, -0.15) is 5.10 Å². The summed E-state index contributed by atoms with van der Waals surface area (Å²) in [7, 11) is 0. The number of hydrogen-bond donors (Lipinski definition) is 1. The molecular weight excluding hydrogens is 425 g/mol. The lowest BCUT2D eigenvalue weighted by Gasteiger charge is -2.28. The Morgan fingerprint density at radius 1 is 1.28 bits per heavy atom. The third-order valence-electron chi connectivity index (χ3n) is 5.93. The molecule has 1 aromatic heterocycles. The zero-order valence-corrected chi connectivity index (χ0v) is 18.0. The van der Waals surface area contributed by atoms with Crippen LogP contribution in [0.15, 0.2) is 24.3 Å². The predicted molar refractivity (Wildman–Crippen MR) is 110 cm³/mol. The summed E-state index contributed by atoms with van der Waals surface area (Å²) < 4.78 is 49.5. The largest absolute Gasteiger partial charge is 0.573 e. The number of hydrogen-bond acceptors (Lipinski definition) is 5. The lowest BCUT2D eigenvalue weighted by atomic mass is 9.90. The van der Waals surface area contributed by atoms with E-state index in [0.29, 0.717) is 50.5 Å². The van der Waals surface area contributed by atoms with Crippen molar-refractivity contribution < 1.29 is 27.4 Å². The number of alkyl halides is 3. The molecule has 1 aliphatic heterocycles. The number of ether oxygens (including phenoxy) is 2. The van der Waals surface area contributed by atoms with Gasteiger partial charge in [-0.3, -0.25) is 9.48 Å². The average molecular weight is 452 g/mol. The Hall–Kier alpha value is -2.59. The van der Waals surface area contributed by atoms with Gasteiger partial charge in [0, 0.05) is 49.0 Å². The summed E-state index contributed by atoms with van der Waals surface area (Å²) in [5.74, 6) is -0.285. The molecular formula is C22H27F3N4O3. The Morgan fingerprint density at radius 2 is 2.03 bits per heavy atom. The van der Waals surface area contributed by atoms with E-state index in [2.05, 4.69) is 15.2 Å². The van der Waals surface area contributed by atoms with Gasteiger partial charge in [0.2, 0.25) is 0 Å². The fraction of sp³-hybridized carbons (Fsp3) is 0.545. The summed E-state index contributed by atoms with van der Waals surface area (Å²) in [6.07, 6.45) is -2.57. The molecule has 0 bridgehead atoms. The van der Waals surface area contributed by atoms with Crippen LogP contribution < -0.4 is 10.1 Å². The predicted octanol–water partition coefficient (Wildman–Crippen LogP) is 2.92. The van der Waals surface area contributed by atoms with Crippen molar-refractivity contribution in [2.45, 2.75) is 51.7 Å². The van der Waals surface area contributed by atoms with Crippen LogP contribution in [0.5, 0.6) is 5.75 Å². The Kier molecular flexibility index (Phi) is 6.71. The van der Waals surface area contributed by atoms with Crippen molar-refractivity contribution in [1.29, 1.82) is 0 Å². The lowest BCUT2D eigenvalue weighted by molar-refractivity contribution is -0.274. The van der Waals surface area contributed by atoms with Crippen molar-refractivity contribution in [3.8, 4) is 5.75 Å². The fourth-order valence-corrected chi connectivity index (χ4v) is 4.34. The van der Waals surface area contributed by atoms with Crippen LogP contribution in [0.3, 0.4) is 0 Å². The molecule has 0 saturated carbocycles. The second-order valence-corrected chi connectivity index (χ2v) is 7.97. The highest BCUT2D eigenvalue weighted by atomic mass is 19.4. The quantitative estimate of drug-likeness (QED) is 0.730. The summed E-state index contributed by atoms with van der Waals surface area (Å²) in [6.45, 7) is 5.05. The van der Waals surface area contributed by atoms with Gasteiger partial charge in [0.05, 0.1) is 13.2 Å². The van der Waals surface area contributed by atoms with E-state index in [4.69, 9.17) is 4.74 Å². The van der Waals surface area contributed by atoms with Crippen molar-refractivity contribution in [2.24, 2.45) is 0 Å². The highest BCUT2D eigenvalue weighted by Gasteiger charge is 2.33. The van der Waals surface area contributed by atoms with Gasteiger partial charge in [0.1, 0.15) is 5.75 Å². The number of nitrogens with one attached hydrogen (secondary N) is 1. The maximum Gasteiger partial charge on any atom is 0.573 e. The van der Waals surface area contributed by atoms with Crippen LogP contribution in [0.4, 0.5) is 13.2 Å². The van der Waals surface area contributed by atoms with Gasteiger partial charge in [-0.15, -0.1) is 13.2 Å². The first-order valence-corrected chi connectivity index (χ1v) is 10.9. The number of morpholine rings is 1. The molecule has 2 aliphatic rings. The molecule has 1 aliphatic carbocycles. The monoisotopic (exact) mass is 452 g/mol. The number of benzene rings is 1. The van der Waals surface area contributed by atoms with E-state index in [1.807, 2.05) is 11.6 Å². The summed E-state index contributed by atoms with van der Waals surface area (Å²) in [4.78, 5) is 14.9. The zero-order chi connectivity index (χ0) is 22.7. The van der Waals surface area contributed by atoms with Crippen molar-refractivity contribution in [1.82, 2.24) is 20.0 Å². The van der Waals surface area contributed by atoms with Crippen molar-refractivity contribution in [3.05, 3.63) is 46.8 Å². The molecule has 10 heteroatoms. The van der Waals surface area contributed by atoms with Gasteiger partial charge in [0.15, 0.2) is 5.69 Å². The molecule has 1 fully saturated rings. The van der Waals surface area contributed by atoms with E-state index < -0.39 is 6.36 Å². The maximum absolute atomic E-state index is 13.1. The minimum absolute atomic E-state index is 0.0205. The van der Waals surface area contributed by atoms with Crippen LogP contribution >= 0.6 is 0 Å². The van der Waals surface area contributed by atoms with Crippen molar-refractivity contribution >= 4 is 5.91 Å². The number of fused-ring (bicyclic) bond motifs is 1. The number of rotatable bonds is 6. The highest BCUT2D eigenvalue weighted by molar-refractivity contribution is 5.94. The van der Waals surface area contributed by atoms with Gasteiger partial charge in [-0.25, -0.2) is 0 Å². The standard InChI is InChI=1S/C22H27F3N4O3/c1-2-29-18-8-7-16(26-14-15-5-3-4-6-19(15)32-22(23,24)25)13-17(18)20(27-29)21(30)28-9-11-31-12-10-28/h3-6,16,26H,2,7-14H2,1H3/t16-/m1/s1. The number of carbonyl (C=O) groups is 1. The summed E-state index contributed by atoms with van der Waals surface area (Å²) in [6, 6.07) is 6.15. The van der Waals surface area contributed by atoms with E-state index >= 15 is 0 Å². The van der Waals surface area contributed by atoms with E-state index in [0.717, 1.165) is 24.1 Å². The number of amides is 1. The molecule has 4 rings (SSSR count). The molecule has 1 saturated heterocycles. The molecule has 7 nitrogen and oxygen atoms in total. The van der Waals surface area contributed by atoms with Gasteiger partial charge in [-0.05, 0) is 32.3 Å². The Bertz CT molecular complexity index is 954. The zero-order valence-electron chi connectivity index (χ0n) is 18.0. The van der Waals surface area contributed by atoms with Gasteiger partial charge in [0.25, 0.3) is 5.91 Å². The average Bonchev–Trinajstić information content (AvgIpc) is 3.15. The van der Waals surface area contributed by atoms with E-state index in [-0.39, 0.29) is 24.2 Å². The maximum atomic E-state index is 13.1. The second kappa shape index (κ2) is 9.50. The topological polar surface area (TPSA) is 68.6 Å². The van der Waals surface area contributed by atoms with Crippen LogP contribution in [-0.4, -0.2) is 59.3 Å². The number of nitrogens with zero attached hydrogens (tertiary/aromatic N) is 3. The molecule has 1 N–H and O–H groups in total. The van der Waals surface area contributed by atoms with Crippen LogP contribution in [0, 0.1) is 0 Å². The summed E-state index contributed by atoms with van der Waals surface area (Å²) in [5.41, 5.74) is 2.93. The number of aromatic nitrogens is 2. The normalized spacial score (nSPS) is 19.0. The number of aryl methyl sites for hydroxylation is 1. The summed E-state index contributed by atoms with van der Waals surface area (Å²) in [5, 5.41) is 7.95. The smallest absolute Gasteiger partial charge is 0.405 e. The van der Waals surface area contributed by atoms with Crippen molar-refractivity contribution in [3.63, 3.8) is 0 Å². The molecule has 1 amide bonds. The van der Waals surface area contributed by atoms with Crippen LogP contribution in [-0.2, 0) is 30.7 Å². The molecule has 2 heterocycles. The Morgan fingerprint density at radius 3 is 2.75 bits per heavy atom. The SMILES string of the molecule is CCn1nc(C(=O)N2CCOCC2)c2c1CC[C@@H](NCc1ccccc1OC(F)(F)F)C2. The van der Waals surface area contributed by atoms with Gasteiger partial charge < -0.3 is 19.7 Å². The number of carbonyl (C=O) groups excluding carboxylic acids is 1. The molecule has 0 unspecified atom stereocenters. The minimum Gasteiger partial charge on any atom is -0.405 e. The third-order valence-corrected chi connectivity index (χ3v) is 5.93. The first-order valence-electron chi connectivity index (χ1n) is 10.9. The molecule has 0 spiro atoms. The molecule has 1 aromatic carbocycles. The molecule has 1 atom stereocenters. The second-order valence-electron chi connectivity index (χ2n) is 7.97. The Balaban J connectivity index is 1.48. The third kappa shape index (κ3) is 5.07. The van der Waals surface area contributed by atoms with Crippen LogP contribution in [0.25, 0.3) is 0 Å². The highest BCUT2D eigenvalue weighted by Crippen LogP contribution is 2.28. The minimum atomic E-state index is -4.74. The van der Waals surface area contributed by atoms with Crippen molar-refractivity contribution in [2.75, 3.05) is 26.3 Å². The first-order chi connectivity index (χ1) is 15.4. The fourth-order valence-electron chi connectivity index (χ4n) is 4.34. The first kappa shape index (κ1) is 22.6. The molecule has 0 radical (unpaired) electrons. The number of para-hydroxylation sites is 1. The van der Waals surface area contributed by atoms with Gasteiger partial charge in [-0.1, -0.05) is 18.2 Å². The van der Waals surface area contributed by atoms with E-state index in [1.54, 1.807) is 17.0 Å². The molecule has 174 valence electrons. The molecule has 32 heavy (non-hydrogen) atoms. The number of halogens is 3. The summed E-state index contributed by atoms with van der Waals surface area (Å²) >= 11 is 0. The lowest BCUT2D eigenvalue weighted by Crippen LogP contribution is -2.41. The van der Waals surface area contributed by atoms with E-state index in [1.165, 1.54) is 12.1 Å². The van der Waals surface area contributed by atoms with Gasteiger partial charge >= 0.3 is 6.36 Å². The van der Waals surface area contributed by atoms with Crippen LogP contribution in [0.1, 0.15) is 40.7 Å².